The van der Waals surface area contributed by atoms with Gasteiger partial charge in [0.2, 0.25) is 17.8 Å². The summed E-state index contributed by atoms with van der Waals surface area (Å²) in [4.78, 5) is 35.5. The number of hydrogen-bond donors (Lipinski definition) is 0. The highest BCUT2D eigenvalue weighted by atomic mass is 15.2. The number of rotatable bonds is 12. The van der Waals surface area contributed by atoms with Gasteiger partial charge in [0.05, 0.1) is 55.7 Å². The van der Waals surface area contributed by atoms with E-state index < -0.39 is 0 Å². The summed E-state index contributed by atoms with van der Waals surface area (Å²) in [5, 5.41) is 8.11. The van der Waals surface area contributed by atoms with Crippen LogP contribution in [0.25, 0.3) is 195 Å². The van der Waals surface area contributed by atoms with Gasteiger partial charge < -0.3 is 0 Å². The Morgan fingerprint density at radius 3 is 0.843 bits per heavy atom. The lowest BCUT2D eigenvalue weighted by Gasteiger charge is -2.12. The Hall–Kier alpha value is -15.7. The second-order valence-electron chi connectivity index (χ2n) is 28.4. The van der Waals surface area contributed by atoms with Crippen LogP contribution < -0.4 is 0 Å². The average Bonchev–Trinajstić information content (AvgIpc) is 1.59. The van der Waals surface area contributed by atoms with E-state index in [0.717, 1.165) is 111 Å². The molecular weight excluding hydrogens is 1400 g/mol. The van der Waals surface area contributed by atoms with Crippen LogP contribution in [0, 0.1) is 0 Å². The molecule has 0 saturated heterocycles. The number of nitrogens with zero attached hydrogens (tertiary/aromatic N) is 10. The Kier molecular flexibility index (Phi) is 18.1. The molecule has 6 aromatic heterocycles. The van der Waals surface area contributed by atoms with Gasteiger partial charge in [0.15, 0.2) is 11.6 Å². The molecule has 10 heteroatoms. The number of para-hydroxylation sites is 3. The van der Waals surface area contributed by atoms with Gasteiger partial charge >= 0.3 is 0 Å². The van der Waals surface area contributed by atoms with E-state index in [2.05, 4.69) is 317 Å². The Morgan fingerprint density at radius 1 is 0.148 bits per heavy atom. The second kappa shape index (κ2) is 30.3. The molecule has 0 bridgehead atoms. The molecule has 0 atom stereocenters. The first kappa shape index (κ1) is 68.6. The monoisotopic (exact) mass is 1470 g/mol. The van der Waals surface area contributed by atoms with E-state index in [1.165, 1.54) is 54.9 Å². The highest BCUT2D eigenvalue weighted by Gasteiger charge is 2.23. The first-order chi connectivity index (χ1) is 57.0. The molecule has 0 aliphatic rings. The predicted molar refractivity (Wildman–Crippen MR) is 473 cm³/mol. The lowest BCUT2D eigenvalue weighted by atomic mass is 10.0. The molecule has 6 heterocycles. The van der Waals surface area contributed by atoms with Gasteiger partial charge in [-0.15, -0.1) is 0 Å². The lowest BCUT2D eigenvalue weighted by Crippen LogP contribution is -2.06. The van der Waals surface area contributed by atoms with Crippen molar-refractivity contribution in [3.05, 3.63) is 425 Å². The fourth-order valence-electron chi connectivity index (χ4n) is 15.8. The van der Waals surface area contributed by atoms with Gasteiger partial charge in [-0.25, -0.2) is 24.9 Å². The molecular formula is C105H70N10. The van der Waals surface area contributed by atoms with Gasteiger partial charge in [0.1, 0.15) is 0 Å². The van der Waals surface area contributed by atoms with E-state index in [9.17, 15) is 0 Å². The van der Waals surface area contributed by atoms with Crippen molar-refractivity contribution in [3.8, 4) is 119 Å². The van der Waals surface area contributed by atoms with Crippen molar-refractivity contribution in [2.45, 2.75) is 0 Å². The van der Waals surface area contributed by atoms with E-state index in [4.69, 9.17) is 34.9 Å². The molecule has 0 unspecified atom stereocenters. The first-order valence-electron chi connectivity index (χ1n) is 38.6. The molecule has 0 radical (unpaired) electrons. The van der Waals surface area contributed by atoms with Crippen LogP contribution >= 0.6 is 0 Å². The lowest BCUT2D eigenvalue weighted by molar-refractivity contribution is 0.953. The zero-order valence-corrected chi connectivity index (χ0v) is 62.4. The summed E-state index contributed by atoms with van der Waals surface area (Å²) in [6.07, 6.45) is 0. The molecule has 0 saturated carbocycles. The van der Waals surface area contributed by atoms with Crippen LogP contribution in [-0.4, -0.2) is 48.6 Å². The molecule has 0 spiro atoms. The van der Waals surface area contributed by atoms with Crippen molar-refractivity contribution >= 4 is 76.3 Å². The predicted octanol–water partition coefficient (Wildman–Crippen LogP) is 26.3. The van der Waals surface area contributed by atoms with Crippen LogP contribution in [-0.2, 0) is 0 Å². The fourth-order valence-corrected chi connectivity index (χ4v) is 15.8. The zero-order chi connectivity index (χ0) is 76.4. The maximum atomic E-state index is 5.15. The molecule has 0 N–H and O–H groups in total. The maximum Gasteiger partial charge on any atom is 0.238 e. The highest BCUT2D eigenvalue weighted by Crippen LogP contribution is 2.41. The topological polar surface area (TPSA) is 105 Å². The SMILES string of the molecule is c1ccc(-c2ccc3c(c2)c2ccc(-c4ccccc4)cc2n3-c2nc(-c3ccccc3)nc(-c3ccccc3)n2)cc1.c1ccc(-c2ccc3c(c2)c2ccccc2n3-c2nc(-c3ccccc3)c3ccccc3n2)cc1.c1ccc(-c2ccc3c(c2)c2ccccc2n3-c2nc(-c3ccccc3)cc(-c3ccccc3)n2)cc1. The third-order valence-corrected chi connectivity index (χ3v) is 21.3. The standard InChI is InChI=1S/C39H26N4.C34H23N3.C32H21N3/c1-5-13-27(14-6-1)31-22-24-35-34(25-31)33-23-21-32(28-15-7-2-8-16-28)26-36(33)43(35)39-41-37(29-17-9-3-10-18-29)40-38(42-39)30-19-11-4-12-20-30;1-4-12-24(13-5-1)27-20-21-33-29(22-27)28-18-10-11-19-32(28)37(33)34-35-30(25-14-6-2-7-15-25)23-31(36-34)26-16-8-3-9-17-26;1-3-11-22(12-4-1)24-19-20-30-27(21-24)25-15-8-10-18-29(25)35(30)32-33-28-17-9-7-16-26(28)31(34-32)23-13-5-2-6-14-23/h1-26H;1-23H;1-21H. The molecule has 0 fully saturated rings. The molecule has 10 nitrogen and oxygen atoms in total. The summed E-state index contributed by atoms with van der Waals surface area (Å²) in [5.41, 5.74) is 24.7. The summed E-state index contributed by atoms with van der Waals surface area (Å²) in [6.45, 7) is 0. The number of benzene rings is 16. The minimum atomic E-state index is 0.588. The van der Waals surface area contributed by atoms with E-state index in [0.29, 0.717) is 29.5 Å². The molecule has 0 aliphatic carbocycles. The maximum absolute atomic E-state index is 5.15. The number of aromatic nitrogens is 10. The third-order valence-electron chi connectivity index (χ3n) is 21.3. The summed E-state index contributed by atoms with van der Waals surface area (Å²) in [5.74, 6) is 3.21. The van der Waals surface area contributed by atoms with Gasteiger partial charge in [-0.05, 0) is 111 Å². The van der Waals surface area contributed by atoms with Gasteiger partial charge in [-0.1, -0.05) is 358 Å². The summed E-state index contributed by atoms with van der Waals surface area (Å²) >= 11 is 0. The normalized spacial score (nSPS) is 11.3. The van der Waals surface area contributed by atoms with Crippen LogP contribution in [0.3, 0.4) is 0 Å². The van der Waals surface area contributed by atoms with Crippen LogP contribution in [0.4, 0.5) is 0 Å². The van der Waals surface area contributed by atoms with E-state index >= 15 is 0 Å². The largest absolute Gasteiger partial charge is 0.278 e. The van der Waals surface area contributed by atoms with Gasteiger partial charge in [0, 0.05) is 65.5 Å². The van der Waals surface area contributed by atoms with Gasteiger partial charge in [-0.2, -0.15) is 9.97 Å². The van der Waals surface area contributed by atoms with Crippen molar-refractivity contribution in [3.63, 3.8) is 0 Å². The second-order valence-corrected chi connectivity index (χ2v) is 28.4. The number of hydrogen-bond acceptors (Lipinski definition) is 7. The zero-order valence-electron chi connectivity index (χ0n) is 62.4. The molecule has 115 heavy (non-hydrogen) atoms. The van der Waals surface area contributed by atoms with Crippen molar-refractivity contribution in [1.29, 1.82) is 0 Å². The number of fused-ring (bicyclic) bond motifs is 10. The van der Waals surface area contributed by atoms with E-state index in [1.54, 1.807) is 0 Å². The molecule has 0 aliphatic heterocycles. The highest BCUT2D eigenvalue weighted by molar-refractivity contribution is 6.13. The Bertz CT molecular complexity index is 7170. The quantitative estimate of drug-likeness (QED) is 0.120. The molecule has 22 aromatic rings. The fraction of sp³-hybridized carbons (Fsp3) is 0. The molecule has 0 amide bonds. The Labute approximate surface area is 664 Å². The third kappa shape index (κ3) is 13.4. The van der Waals surface area contributed by atoms with Crippen LogP contribution in [0.5, 0.6) is 0 Å². The minimum Gasteiger partial charge on any atom is -0.278 e. The van der Waals surface area contributed by atoms with Crippen LogP contribution in [0.15, 0.2) is 425 Å². The first-order valence-corrected chi connectivity index (χ1v) is 38.6. The Balaban J connectivity index is 0.000000112. The van der Waals surface area contributed by atoms with E-state index in [1.807, 2.05) is 121 Å². The van der Waals surface area contributed by atoms with Gasteiger partial charge in [-0.3, -0.25) is 13.7 Å². The molecule has 540 valence electrons. The minimum absolute atomic E-state index is 0.588. The van der Waals surface area contributed by atoms with Crippen molar-refractivity contribution in [1.82, 2.24) is 48.6 Å². The van der Waals surface area contributed by atoms with Crippen molar-refractivity contribution in [2.75, 3.05) is 0 Å². The van der Waals surface area contributed by atoms with Crippen molar-refractivity contribution in [2.24, 2.45) is 0 Å². The molecule has 16 aromatic carbocycles. The van der Waals surface area contributed by atoms with Gasteiger partial charge in [0.25, 0.3) is 0 Å². The smallest absolute Gasteiger partial charge is 0.238 e. The summed E-state index contributed by atoms with van der Waals surface area (Å²) < 4.78 is 6.57. The molecule has 22 rings (SSSR count). The Morgan fingerprint density at radius 2 is 0.435 bits per heavy atom. The van der Waals surface area contributed by atoms with Crippen molar-refractivity contribution < 1.29 is 0 Å². The van der Waals surface area contributed by atoms with Crippen LogP contribution in [0.1, 0.15) is 0 Å². The van der Waals surface area contributed by atoms with E-state index in [-0.39, 0.29) is 0 Å². The van der Waals surface area contributed by atoms with Crippen LogP contribution in [0.2, 0.25) is 0 Å². The summed E-state index contributed by atoms with van der Waals surface area (Å²) in [7, 11) is 0. The average molecular weight is 1470 g/mol. The summed E-state index contributed by atoms with van der Waals surface area (Å²) in [6, 6.07) is 147.